The van der Waals surface area contributed by atoms with Gasteiger partial charge in [0, 0.05) is 0 Å². The summed E-state index contributed by atoms with van der Waals surface area (Å²) in [6.45, 7) is 0. The second-order valence-electron chi connectivity index (χ2n) is 4.03. The number of esters is 2. The second-order valence-corrected chi connectivity index (χ2v) is 4.44. The number of ether oxygens (including phenoxy) is 2. The fourth-order valence-corrected chi connectivity index (χ4v) is 1.73. The Kier molecular flexibility index (Phi) is 5.98. The highest BCUT2D eigenvalue weighted by Crippen LogP contribution is 2.22. The van der Waals surface area contributed by atoms with Crippen molar-refractivity contribution in [3.8, 4) is 0 Å². The smallest absolute Gasteiger partial charge is 0.328 e. The van der Waals surface area contributed by atoms with Gasteiger partial charge in [-0.15, -0.1) is 0 Å². The van der Waals surface area contributed by atoms with E-state index in [4.69, 9.17) is 17.3 Å². The Morgan fingerprint density at radius 2 is 1.95 bits per heavy atom. The van der Waals surface area contributed by atoms with Crippen molar-refractivity contribution in [2.75, 3.05) is 20.0 Å². The molecular weight excluding hydrogens is 300 g/mol. The quantitative estimate of drug-likeness (QED) is 0.613. The van der Waals surface area contributed by atoms with Gasteiger partial charge in [-0.3, -0.25) is 9.59 Å². The summed E-state index contributed by atoms with van der Waals surface area (Å²) >= 11 is 5.82. The van der Waals surface area contributed by atoms with Crippen molar-refractivity contribution < 1.29 is 23.9 Å². The van der Waals surface area contributed by atoms with E-state index in [1.54, 1.807) is 6.07 Å². The predicted molar refractivity (Wildman–Crippen MR) is 75.8 cm³/mol. The van der Waals surface area contributed by atoms with Gasteiger partial charge in [-0.05, 0) is 12.1 Å². The van der Waals surface area contributed by atoms with Crippen LogP contribution in [-0.4, -0.2) is 38.1 Å². The molecule has 1 atom stereocenters. The van der Waals surface area contributed by atoms with Crippen LogP contribution in [0.4, 0.5) is 5.69 Å². The van der Waals surface area contributed by atoms with Crippen LogP contribution in [0.2, 0.25) is 5.02 Å². The highest BCUT2D eigenvalue weighted by atomic mass is 35.5. The number of carbonyl (C=O) groups excluding carboxylic acids is 3. The predicted octanol–water partition coefficient (Wildman–Crippen LogP) is 0.757. The standard InChI is InChI=1S/C13H15ClN2O5/c1-20-10(17)6-9(13(19)21-2)16-12(18)7-4-3-5-8(14)11(7)15/h3-5,9H,6,15H2,1-2H3,(H,16,18). The highest BCUT2D eigenvalue weighted by molar-refractivity contribution is 6.34. The summed E-state index contributed by atoms with van der Waals surface area (Å²) < 4.78 is 8.99. The molecule has 114 valence electrons. The summed E-state index contributed by atoms with van der Waals surface area (Å²) in [5.41, 5.74) is 5.87. The summed E-state index contributed by atoms with van der Waals surface area (Å²) in [5.74, 6) is -2.08. The van der Waals surface area contributed by atoms with E-state index in [-0.39, 0.29) is 22.7 Å². The van der Waals surface area contributed by atoms with E-state index >= 15 is 0 Å². The molecule has 21 heavy (non-hydrogen) atoms. The lowest BCUT2D eigenvalue weighted by Gasteiger charge is -2.16. The summed E-state index contributed by atoms with van der Waals surface area (Å²) in [7, 11) is 2.32. The lowest BCUT2D eigenvalue weighted by atomic mass is 10.1. The number of nitrogens with two attached hydrogens (primary N) is 1. The molecule has 0 aliphatic heterocycles. The Hall–Kier alpha value is -2.28. The van der Waals surface area contributed by atoms with E-state index in [2.05, 4.69) is 14.8 Å². The second kappa shape index (κ2) is 7.49. The van der Waals surface area contributed by atoms with Gasteiger partial charge in [-0.1, -0.05) is 17.7 Å². The molecule has 0 bridgehead atoms. The van der Waals surface area contributed by atoms with E-state index in [1.807, 2.05) is 0 Å². The zero-order valence-electron chi connectivity index (χ0n) is 11.5. The maximum atomic E-state index is 12.1. The van der Waals surface area contributed by atoms with E-state index in [0.717, 1.165) is 7.11 Å². The normalized spacial score (nSPS) is 11.4. The molecule has 8 heteroatoms. The third-order valence-electron chi connectivity index (χ3n) is 2.69. The number of rotatable bonds is 5. The van der Waals surface area contributed by atoms with Crippen LogP contribution in [0.5, 0.6) is 0 Å². The van der Waals surface area contributed by atoms with E-state index in [1.165, 1.54) is 19.2 Å². The first-order chi connectivity index (χ1) is 9.90. The van der Waals surface area contributed by atoms with Crippen LogP contribution in [0.1, 0.15) is 16.8 Å². The minimum absolute atomic E-state index is 0.0818. The first kappa shape index (κ1) is 16.8. The molecule has 0 aliphatic rings. The van der Waals surface area contributed by atoms with Gasteiger partial charge >= 0.3 is 11.9 Å². The van der Waals surface area contributed by atoms with Crippen molar-refractivity contribution in [1.82, 2.24) is 5.32 Å². The third kappa shape index (κ3) is 4.35. The van der Waals surface area contributed by atoms with Crippen LogP contribution >= 0.6 is 11.6 Å². The Labute approximate surface area is 126 Å². The maximum absolute atomic E-state index is 12.1. The molecule has 0 aromatic heterocycles. The molecule has 0 saturated carbocycles. The lowest BCUT2D eigenvalue weighted by molar-refractivity contribution is -0.149. The van der Waals surface area contributed by atoms with Gasteiger partial charge < -0.3 is 20.5 Å². The number of hydrogen-bond acceptors (Lipinski definition) is 6. The number of para-hydroxylation sites is 1. The van der Waals surface area contributed by atoms with Crippen molar-refractivity contribution in [3.63, 3.8) is 0 Å². The molecule has 0 spiro atoms. The zero-order valence-corrected chi connectivity index (χ0v) is 12.3. The number of hydrogen-bond donors (Lipinski definition) is 2. The van der Waals surface area contributed by atoms with Gasteiger partial charge in [0.25, 0.3) is 5.91 Å². The van der Waals surface area contributed by atoms with E-state index in [0.29, 0.717) is 0 Å². The fourth-order valence-electron chi connectivity index (χ4n) is 1.56. The minimum atomic E-state index is -1.17. The minimum Gasteiger partial charge on any atom is -0.469 e. The number of carbonyl (C=O) groups is 3. The van der Waals surface area contributed by atoms with Crippen molar-refractivity contribution in [2.24, 2.45) is 0 Å². The number of amides is 1. The molecule has 1 aromatic rings. The largest absolute Gasteiger partial charge is 0.469 e. The third-order valence-corrected chi connectivity index (χ3v) is 3.02. The topological polar surface area (TPSA) is 108 Å². The van der Waals surface area contributed by atoms with Gasteiger partial charge in [0.15, 0.2) is 0 Å². The number of methoxy groups -OCH3 is 2. The van der Waals surface area contributed by atoms with E-state index < -0.39 is 23.9 Å². The van der Waals surface area contributed by atoms with Gasteiger partial charge in [-0.2, -0.15) is 0 Å². The number of nitrogens with one attached hydrogen (secondary N) is 1. The molecule has 7 nitrogen and oxygen atoms in total. The van der Waals surface area contributed by atoms with Crippen LogP contribution in [0.15, 0.2) is 18.2 Å². The molecule has 1 unspecified atom stereocenters. The highest BCUT2D eigenvalue weighted by Gasteiger charge is 2.26. The SMILES string of the molecule is COC(=O)CC(NC(=O)c1cccc(Cl)c1N)C(=O)OC. The maximum Gasteiger partial charge on any atom is 0.328 e. The summed E-state index contributed by atoms with van der Waals surface area (Å²) in [4.78, 5) is 34.9. The summed E-state index contributed by atoms with van der Waals surface area (Å²) in [6, 6.07) is 3.35. The Morgan fingerprint density at radius 3 is 2.52 bits per heavy atom. The van der Waals surface area contributed by atoms with Crippen LogP contribution < -0.4 is 11.1 Å². The van der Waals surface area contributed by atoms with Crippen molar-refractivity contribution in [2.45, 2.75) is 12.5 Å². The molecule has 3 N–H and O–H groups in total. The zero-order chi connectivity index (χ0) is 16.0. The molecule has 1 amide bonds. The Morgan fingerprint density at radius 1 is 1.29 bits per heavy atom. The van der Waals surface area contributed by atoms with Crippen LogP contribution in [0.25, 0.3) is 0 Å². The summed E-state index contributed by atoms with van der Waals surface area (Å²) in [5, 5.41) is 2.58. The average molecular weight is 315 g/mol. The van der Waals surface area contributed by atoms with Gasteiger partial charge in [0.05, 0.1) is 36.9 Å². The number of nitrogen functional groups attached to an aromatic ring is 1. The van der Waals surface area contributed by atoms with Crippen molar-refractivity contribution >= 4 is 35.1 Å². The lowest BCUT2D eigenvalue weighted by Crippen LogP contribution is -2.43. The number of anilines is 1. The molecule has 0 heterocycles. The molecule has 1 rings (SSSR count). The number of halogens is 1. The van der Waals surface area contributed by atoms with Crippen LogP contribution in [0, 0.1) is 0 Å². The summed E-state index contributed by atoms with van der Waals surface area (Å²) in [6.07, 6.45) is -0.352. The van der Waals surface area contributed by atoms with Crippen molar-refractivity contribution in [3.05, 3.63) is 28.8 Å². The molecule has 1 aromatic carbocycles. The van der Waals surface area contributed by atoms with Crippen LogP contribution in [-0.2, 0) is 19.1 Å². The fraction of sp³-hybridized carbons (Fsp3) is 0.308. The Bertz CT molecular complexity index is 561. The van der Waals surface area contributed by atoms with Gasteiger partial charge in [-0.25, -0.2) is 4.79 Å². The van der Waals surface area contributed by atoms with Gasteiger partial charge in [0.1, 0.15) is 6.04 Å². The first-order valence-electron chi connectivity index (χ1n) is 5.90. The monoisotopic (exact) mass is 314 g/mol. The average Bonchev–Trinajstić information content (AvgIpc) is 2.48. The molecule has 0 fully saturated rings. The Balaban J connectivity index is 2.92. The first-order valence-corrected chi connectivity index (χ1v) is 6.28. The molecule has 0 radical (unpaired) electrons. The molecular formula is C13H15ClN2O5. The van der Waals surface area contributed by atoms with Crippen LogP contribution in [0.3, 0.4) is 0 Å². The van der Waals surface area contributed by atoms with E-state index in [9.17, 15) is 14.4 Å². The number of benzene rings is 1. The molecule has 0 saturated heterocycles. The molecule has 0 aliphatic carbocycles. The van der Waals surface area contributed by atoms with Gasteiger partial charge in [0.2, 0.25) is 0 Å². The van der Waals surface area contributed by atoms with Crippen molar-refractivity contribution in [1.29, 1.82) is 0 Å².